The Balaban J connectivity index is 1.59. The highest BCUT2D eigenvalue weighted by Gasteiger charge is 2.13. The van der Waals surface area contributed by atoms with Gasteiger partial charge in [0, 0.05) is 41.2 Å². The second-order valence-electron chi connectivity index (χ2n) is 7.52. The highest BCUT2D eigenvalue weighted by Crippen LogP contribution is 2.20. The van der Waals surface area contributed by atoms with E-state index < -0.39 is 0 Å². The summed E-state index contributed by atoms with van der Waals surface area (Å²) in [7, 11) is 1.98. The van der Waals surface area contributed by atoms with Crippen LogP contribution in [0.25, 0.3) is 10.9 Å². The van der Waals surface area contributed by atoms with Crippen molar-refractivity contribution in [3.8, 4) is 0 Å². The number of aryl methyl sites for hydroxylation is 2. The topological polar surface area (TPSA) is 38.1 Å². The van der Waals surface area contributed by atoms with Crippen LogP contribution in [0.1, 0.15) is 16.3 Å². The Hall–Kier alpha value is -2.48. The van der Waals surface area contributed by atoms with Crippen molar-refractivity contribution >= 4 is 34.0 Å². The number of nitrogens with zero attached hydrogens (tertiary/aromatic N) is 3. The molecule has 4 nitrogen and oxygen atoms in total. The molecule has 0 spiro atoms. The van der Waals surface area contributed by atoms with E-state index in [1.807, 2.05) is 43.6 Å². The Morgan fingerprint density at radius 3 is 2.68 bits per heavy atom. The van der Waals surface area contributed by atoms with Gasteiger partial charge in [0.05, 0.1) is 16.2 Å². The minimum absolute atomic E-state index is 0.0620. The van der Waals surface area contributed by atoms with E-state index in [1.165, 1.54) is 12.1 Å². The van der Waals surface area contributed by atoms with E-state index in [0.29, 0.717) is 30.7 Å². The van der Waals surface area contributed by atoms with Gasteiger partial charge in [-0.25, -0.2) is 9.37 Å². The molecule has 2 aromatic carbocycles. The molecule has 0 aliphatic carbocycles. The zero-order chi connectivity index (χ0) is 21.8. The molecule has 0 bridgehead atoms. The summed E-state index contributed by atoms with van der Waals surface area (Å²) >= 11 is 3.32. The van der Waals surface area contributed by atoms with Crippen molar-refractivity contribution in [3.63, 3.8) is 0 Å². The van der Waals surface area contributed by atoms with Crippen LogP contribution in [0.5, 0.6) is 0 Å². The van der Waals surface area contributed by atoms with Gasteiger partial charge in [-0.05, 0) is 55.8 Å². The van der Waals surface area contributed by atoms with Crippen molar-refractivity contribution < 1.29 is 4.39 Å². The predicted octanol–water partition coefficient (Wildman–Crippen LogP) is 5.33. The Labute approximate surface area is 189 Å². The minimum atomic E-state index is -0.333. The van der Waals surface area contributed by atoms with Crippen molar-refractivity contribution in [3.05, 3.63) is 92.4 Å². The Morgan fingerprint density at radius 1 is 1.13 bits per heavy atom. The summed E-state index contributed by atoms with van der Waals surface area (Å²) in [4.78, 5) is 21.1. The standard InChI is InChI=1S/C24H24FN3OS2/c1-17-26-21(16-31-17)15-27(2)14-19-12-18-8-9-20(25)13-23(18)28(24(19)29)10-11-30-22-6-4-3-5-7-22/h3-9,12-13,16H,10-11,14-15H2,1-2H3. The van der Waals surface area contributed by atoms with Gasteiger partial charge in [-0.15, -0.1) is 23.1 Å². The number of pyridine rings is 1. The molecule has 0 fully saturated rings. The average Bonchev–Trinajstić information content (AvgIpc) is 3.16. The van der Waals surface area contributed by atoms with Gasteiger partial charge in [0.15, 0.2) is 0 Å². The van der Waals surface area contributed by atoms with Crippen molar-refractivity contribution in [2.45, 2.75) is 31.5 Å². The number of aromatic nitrogens is 2. The number of rotatable bonds is 8. The van der Waals surface area contributed by atoms with Crippen molar-refractivity contribution in [1.82, 2.24) is 14.5 Å². The van der Waals surface area contributed by atoms with Gasteiger partial charge < -0.3 is 4.57 Å². The van der Waals surface area contributed by atoms with Crippen LogP contribution in [0.4, 0.5) is 4.39 Å². The third-order valence-corrected chi connectivity index (χ3v) is 6.81. The molecule has 0 radical (unpaired) electrons. The number of thioether (sulfide) groups is 1. The first kappa shape index (κ1) is 21.7. The Morgan fingerprint density at radius 2 is 1.94 bits per heavy atom. The summed E-state index contributed by atoms with van der Waals surface area (Å²) in [5.41, 5.74) is 2.29. The number of halogens is 1. The van der Waals surface area contributed by atoms with Crippen LogP contribution < -0.4 is 5.56 Å². The molecule has 7 heteroatoms. The molecule has 4 aromatic rings. The Bertz CT molecular complexity index is 1240. The van der Waals surface area contributed by atoms with Gasteiger partial charge in [0.1, 0.15) is 5.82 Å². The van der Waals surface area contributed by atoms with Crippen LogP contribution >= 0.6 is 23.1 Å². The maximum atomic E-state index is 14.0. The second-order valence-corrected chi connectivity index (χ2v) is 9.75. The molecule has 0 N–H and O–H groups in total. The number of hydrogen-bond acceptors (Lipinski definition) is 5. The molecular weight excluding hydrogens is 429 g/mol. The SMILES string of the molecule is Cc1nc(CN(C)Cc2cc3ccc(F)cc3n(CCSc3ccccc3)c2=O)cs1. The molecule has 2 heterocycles. The molecule has 0 saturated carbocycles. The fourth-order valence-corrected chi connectivity index (χ4v) is 5.08. The van der Waals surface area contributed by atoms with E-state index in [2.05, 4.69) is 22.0 Å². The highest BCUT2D eigenvalue weighted by molar-refractivity contribution is 7.99. The molecule has 0 unspecified atom stereocenters. The summed E-state index contributed by atoms with van der Waals surface area (Å²) in [5, 5.41) is 3.96. The van der Waals surface area contributed by atoms with E-state index >= 15 is 0 Å². The summed E-state index contributed by atoms with van der Waals surface area (Å²) < 4.78 is 15.7. The highest BCUT2D eigenvalue weighted by atomic mass is 32.2. The van der Waals surface area contributed by atoms with Crippen molar-refractivity contribution in [2.24, 2.45) is 0 Å². The van der Waals surface area contributed by atoms with E-state index in [-0.39, 0.29) is 11.4 Å². The van der Waals surface area contributed by atoms with Gasteiger partial charge in [-0.1, -0.05) is 18.2 Å². The predicted molar refractivity (Wildman–Crippen MR) is 127 cm³/mol. The summed E-state index contributed by atoms with van der Waals surface area (Å²) in [6.45, 7) is 3.69. The lowest BCUT2D eigenvalue weighted by molar-refractivity contribution is 0.313. The molecule has 4 rings (SSSR count). The molecule has 0 atom stereocenters. The molecule has 0 amide bonds. The Kier molecular flexibility index (Phi) is 6.85. The molecule has 0 aliphatic heterocycles. The van der Waals surface area contributed by atoms with Crippen LogP contribution in [0.2, 0.25) is 0 Å². The molecule has 160 valence electrons. The molecule has 2 aromatic heterocycles. The molecular formula is C24H24FN3OS2. The third kappa shape index (κ3) is 5.42. The van der Waals surface area contributed by atoms with Gasteiger partial charge in [-0.3, -0.25) is 9.69 Å². The molecule has 0 aliphatic rings. The van der Waals surface area contributed by atoms with Crippen LogP contribution in [0.15, 0.2) is 69.7 Å². The second kappa shape index (κ2) is 9.77. The van der Waals surface area contributed by atoms with Crippen molar-refractivity contribution in [1.29, 1.82) is 0 Å². The molecule has 31 heavy (non-hydrogen) atoms. The van der Waals surface area contributed by atoms with Gasteiger partial charge >= 0.3 is 0 Å². The minimum Gasteiger partial charge on any atom is -0.307 e. The van der Waals surface area contributed by atoms with Crippen LogP contribution in [0.3, 0.4) is 0 Å². The number of fused-ring (bicyclic) bond motifs is 1. The largest absolute Gasteiger partial charge is 0.307 e. The van der Waals surface area contributed by atoms with E-state index in [4.69, 9.17) is 0 Å². The number of benzene rings is 2. The van der Waals surface area contributed by atoms with Gasteiger partial charge in [0.25, 0.3) is 5.56 Å². The average molecular weight is 454 g/mol. The van der Waals surface area contributed by atoms with E-state index in [9.17, 15) is 9.18 Å². The quantitative estimate of drug-likeness (QED) is 0.338. The first-order valence-corrected chi connectivity index (χ1v) is 12.0. The monoisotopic (exact) mass is 453 g/mol. The summed E-state index contributed by atoms with van der Waals surface area (Å²) in [6, 6.07) is 16.6. The third-order valence-electron chi connectivity index (χ3n) is 5.00. The van der Waals surface area contributed by atoms with Crippen LogP contribution in [-0.4, -0.2) is 27.3 Å². The lowest BCUT2D eigenvalue weighted by Crippen LogP contribution is -2.29. The van der Waals surface area contributed by atoms with Crippen LogP contribution in [-0.2, 0) is 19.6 Å². The maximum Gasteiger partial charge on any atom is 0.255 e. The zero-order valence-electron chi connectivity index (χ0n) is 17.5. The number of hydrogen-bond donors (Lipinski definition) is 0. The van der Waals surface area contributed by atoms with Crippen LogP contribution in [0, 0.1) is 12.7 Å². The van der Waals surface area contributed by atoms with E-state index in [0.717, 1.165) is 26.7 Å². The van der Waals surface area contributed by atoms with Gasteiger partial charge in [-0.2, -0.15) is 0 Å². The van der Waals surface area contributed by atoms with Crippen molar-refractivity contribution in [2.75, 3.05) is 12.8 Å². The summed E-state index contributed by atoms with van der Waals surface area (Å²) in [6.07, 6.45) is 0. The lowest BCUT2D eigenvalue weighted by Gasteiger charge is -2.18. The first-order chi connectivity index (χ1) is 15.0. The smallest absolute Gasteiger partial charge is 0.255 e. The summed E-state index contributed by atoms with van der Waals surface area (Å²) in [5.74, 6) is 0.396. The zero-order valence-corrected chi connectivity index (χ0v) is 19.2. The fourth-order valence-electron chi connectivity index (χ4n) is 3.62. The first-order valence-electron chi connectivity index (χ1n) is 10.1. The number of thiazole rings is 1. The fraction of sp³-hybridized carbons (Fsp3) is 0.250. The maximum absolute atomic E-state index is 14.0. The van der Waals surface area contributed by atoms with Gasteiger partial charge in [0.2, 0.25) is 0 Å². The van der Waals surface area contributed by atoms with E-state index in [1.54, 1.807) is 33.7 Å². The lowest BCUT2D eigenvalue weighted by atomic mass is 10.1. The molecule has 0 saturated heterocycles. The normalized spacial score (nSPS) is 11.5.